The van der Waals surface area contributed by atoms with Crippen molar-refractivity contribution in [3.05, 3.63) is 59.1 Å². The highest BCUT2D eigenvalue weighted by molar-refractivity contribution is 8.00. The summed E-state index contributed by atoms with van der Waals surface area (Å²) >= 11 is 6.89. The molecule has 0 aliphatic carbocycles. The first-order valence-electron chi connectivity index (χ1n) is 7.45. The maximum atomic E-state index is 13.6. The van der Waals surface area contributed by atoms with E-state index in [4.69, 9.17) is 16.0 Å². The largest absolute Gasteiger partial charge is 0.411 e. The number of anilines is 1. The number of hydrogen-bond donors (Lipinski definition) is 1. The lowest BCUT2D eigenvalue weighted by atomic mass is 10.2. The molecular weight excluding hydrogens is 384 g/mol. The average molecular weight is 396 g/mol. The van der Waals surface area contributed by atoms with E-state index in [0.29, 0.717) is 10.6 Å². The lowest BCUT2D eigenvalue weighted by Crippen LogP contribution is -2.23. The minimum absolute atomic E-state index is 0.150. The van der Waals surface area contributed by atoms with Gasteiger partial charge in [0.15, 0.2) is 0 Å². The van der Waals surface area contributed by atoms with Gasteiger partial charge in [-0.25, -0.2) is 8.78 Å². The summed E-state index contributed by atoms with van der Waals surface area (Å²) in [5.74, 6) is -2.04. The molecule has 0 aliphatic heterocycles. The molecule has 1 N–H and O–H groups in total. The number of carbonyl (C=O) groups excluding carboxylic acids is 1. The Morgan fingerprint density at radius 1 is 1.19 bits per heavy atom. The third-order valence-corrected chi connectivity index (χ3v) is 4.51. The summed E-state index contributed by atoms with van der Waals surface area (Å²) in [4.78, 5) is 12.2. The molecule has 5 nitrogen and oxygen atoms in total. The van der Waals surface area contributed by atoms with Crippen molar-refractivity contribution in [2.45, 2.75) is 17.4 Å². The van der Waals surface area contributed by atoms with E-state index in [9.17, 15) is 13.6 Å². The van der Waals surface area contributed by atoms with Crippen LogP contribution in [0.5, 0.6) is 0 Å². The van der Waals surface area contributed by atoms with Crippen LogP contribution in [0.1, 0.15) is 6.92 Å². The predicted molar refractivity (Wildman–Crippen MR) is 95.1 cm³/mol. The van der Waals surface area contributed by atoms with Gasteiger partial charge in [-0.1, -0.05) is 35.5 Å². The van der Waals surface area contributed by atoms with Crippen LogP contribution in [0.25, 0.3) is 11.5 Å². The standard InChI is InChI=1S/C17H12ClF2N3O2S/c1-9(15(24)21-14-12(19)6-3-7-13(14)20)26-17-23-22-16(25-17)10-4-2-5-11(18)8-10/h2-9H,1H3,(H,21,24)/t9-/m1/s1. The van der Waals surface area contributed by atoms with Crippen LogP contribution in [0.4, 0.5) is 14.5 Å². The third-order valence-electron chi connectivity index (χ3n) is 3.34. The fraction of sp³-hybridized carbons (Fsp3) is 0.118. The Hall–Kier alpha value is -2.45. The summed E-state index contributed by atoms with van der Waals surface area (Å²) in [6.45, 7) is 1.56. The number of hydrogen-bond acceptors (Lipinski definition) is 5. The predicted octanol–water partition coefficient (Wildman–Crippen LogP) is 4.79. The summed E-state index contributed by atoms with van der Waals surface area (Å²) in [6, 6.07) is 10.2. The van der Waals surface area contributed by atoms with Gasteiger partial charge >= 0.3 is 0 Å². The number of nitrogens with one attached hydrogen (secondary N) is 1. The lowest BCUT2D eigenvalue weighted by molar-refractivity contribution is -0.115. The third kappa shape index (κ3) is 4.20. The van der Waals surface area contributed by atoms with E-state index in [-0.39, 0.29) is 11.1 Å². The number of thioether (sulfide) groups is 1. The first-order chi connectivity index (χ1) is 12.4. The number of benzene rings is 2. The Kier molecular flexibility index (Phi) is 5.53. The van der Waals surface area contributed by atoms with E-state index in [1.807, 2.05) is 0 Å². The van der Waals surface area contributed by atoms with Crippen LogP contribution in [0.2, 0.25) is 5.02 Å². The van der Waals surface area contributed by atoms with Crippen molar-refractivity contribution in [1.29, 1.82) is 0 Å². The van der Waals surface area contributed by atoms with Gasteiger partial charge < -0.3 is 9.73 Å². The molecule has 1 aromatic heterocycles. The van der Waals surface area contributed by atoms with Crippen LogP contribution in [0.3, 0.4) is 0 Å². The van der Waals surface area contributed by atoms with Gasteiger partial charge in [0.1, 0.15) is 17.3 Å². The van der Waals surface area contributed by atoms with Crippen molar-refractivity contribution < 1.29 is 18.0 Å². The minimum Gasteiger partial charge on any atom is -0.411 e. The molecule has 0 spiro atoms. The van der Waals surface area contributed by atoms with Crippen molar-refractivity contribution >= 4 is 35.0 Å². The Morgan fingerprint density at radius 2 is 1.88 bits per heavy atom. The number of para-hydroxylation sites is 1. The van der Waals surface area contributed by atoms with Crippen LogP contribution in [-0.2, 0) is 4.79 Å². The number of halogens is 3. The first kappa shape index (κ1) is 18.3. The molecule has 2 aromatic carbocycles. The van der Waals surface area contributed by atoms with Gasteiger partial charge in [-0.05, 0) is 37.3 Å². The van der Waals surface area contributed by atoms with E-state index in [2.05, 4.69) is 15.5 Å². The molecule has 0 aliphatic rings. The number of amides is 1. The Bertz CT molecular complexity index is 931. The molecule has 1 amide bonds. The summed E-state index contributed by atoms with van der Waals surface area (Å²) in [5.41, 5.74) is 0.150. The van der Waals surface area contributed by atoms with Crippen molar-refractivity contribution in [2.75, 3.05) is 5.32 Å². The molecule has 0 bridgehead atoms. The minimum atomic E-state index is -0.850. The summed E-state index contributed by atoms with van der Waals surface area (Å²) in [5, 5.41) is 9.95. The van der Waals surface area contributed by atoms with Crippen LogP contribution in [-0.4, -0.2) is 21.4 Å². The monoisotopic (exact) mass is 395 g/mol. The van der Waals surface area contributed by atoms with E-state index in [0.717, 1.165) is 23.9 Å². The van der Waals surface area contributed by atoms with E-state index < -0.39 is 28.5 Å². The zero-order valence-corrected chi connectivity index (χ0v) is 14.9. The fourth-order valence-corrected chi connectivity index (χ4v) is 2.92. The van der Waals surface area contributed by atoms with Gasteiger partial charge in [0.25, 0.3) is 5.22 Å². The number of aromatic nitrogens is 2. The topological polar surface area (TPSA) is 68.0 Å². The van der Waals surface area contributed by atoms with Crippen LogP contribution >= 0.6 is 23.4 Å². The second-order valence-electron chi connectivity index (χ2n) is 5.23. The zero-order valence-electron chi connectivity index (χ0n) is 13.4. The second-order valence-corrected chi connectivity index (χ2v) is 6.96. The first-order valence-corrected chi connectivity index (χ1v) is 8.71. The van der Waals surface area contributed by atoms with Gasteiger partial charge in [0.2, 0.25) is 11.8 Å². The Labute approximate surface area is 156 Å². The van der Waals surface area contributed by atoms with Crippen molar-refractivity contribution in [3.8, 4) is 11.5 Å². The van der Waals surface area contributed by atoms with Crippen molar-refractivity contribution in [3.63, 3.8) is 0 Å². The van der Waals surface area contributed by atoms with Crippen molar-refractivity contribution in [1.82, 2.24) is 10.2 Å². The average Bonchev–Trinajstić information content (AvgIpc) is 3.06. The van der Waals surface area contributed by atoms with Crippen LogP contribution in [0, 0.1) is 11.6 Å². The molecule has 1 atom stereocenters. The summed E-state index contributed by atoms with van der Waals surface area (Å²) in [7, 11) is 0. The van der Waals surface area contributed by atoms with Gasteiger partial charge in [-0.3, -0.25) is 4.79 Å². The molecule has 9 heteroatoms. The molecular formula is C17H12ClF2N3O2S. The van der Waals surface area contributed by atoms with Gasteiger partial charge in [-0.15, -0.1) is 10.2 Å². The SMILES string of the molecule is C[C@@H](Sc1nnc(-c2cccc(Cl)c2)o1)C(=O)Nc1c(F)cccc1F. The molecule has 0 radical (unpaired) electrons. The van der Waals surface area contributed by atoms with E-state index >= 15 is 0 Å². The summed E-state index contributed by atoms with van der Waals surface area (Å²) in [6.07, 6.45) is 0. The normalized spacial score (nSPS) is 12.0. The number of carbonyl (C=O) groups is 1. The molecule has 1 heterocycles. The maximum absolute atomic E-state index is 13.6. The number of nitrogens with zero attached hydrogens (tertiary/aromatic N) is 2. The quantitative estimate of drug-likeness (QED) is 0.629. The molecule has 3 aromatic rings. The molecule has 0 saturated heterocycles. The molecule has 0 unspecified atom stereocenters. The molecule has 134 valence electrons. The Balaban J connectivity index is 1.68. The lowest BCUT2D eigenvalue weighted by Gasteiger charge is -2.11. The highest BCUT2D eigenvalue weighted by atomic mass is 35.5. The highest BCUT2D eigenvalue weighted by Crippen LogP contribution is 2.28. The summed E-state index contributed by atoms with van der Waals surface area (Å²) < 4.78 is 32.7. The molecule has 0 saturated carbocycles. The molecule has 3 rings (SSSR count). The van der Waals surface area contributed by atoms with Crippen molar-refractivity contribution in [2.24, 2.45) is 0 Å². The smallest absolute Gasteiger partial charge is 0.277 e. The van der Waals surface area contributed by atoms with Gasteiger partial charge in [-0.2, -0.15) is 0 Å². The maximum Gasteiger partial charge on any atom is 0.277 e. The van der Waals surface area contributed by atoms with Gasteiger partial charge in [0, 0.05) is 10.6 Å². The molecule has 0 fully saturated rings. The molecule has 26 heavy (non-hydrogen) atoms. The highest BCUT2D eigenvalue weighted by Gasteiger charge is 2.21. The zero-order chi connectivity index (χ0) is 18.7. The Morgan fingerprint density at radius 3 is 2.58 bits per heavy atom. The fourth-order valence-electron chi connectivity index (χ4n) is 2.04. The van der Waals surface area contributed by atoms with E-state index in [1.165, 1.54) is 6.07 Å². The van der Waals surface area contributed by atoms with Gasteiger partial charge in [0.05, 0.1) is 5.25 Å². The van der Waals surface area contributed by atoms with E-state index in [1.54, 1.807) is 31.2 Å². The second kappa shape index (κ2) is 7.84. The number of rotatable bonds is 5. The van der Waals surface area contributed by atoms with Crippen LogP contribution < -0.4 is 5.32 Å². The van der Waals surface area contributed by atoms with Crippen LogP contribution in [0.15, 0.2) is 52.1 Å².